The summed E-state index contributed by atoms with van der Waals surface area (Å²) in [5.41, 5.74) is 5.41. The zero-order chi connectivity index (χ0) is 10.4. The van der Waals surface area contributed by atoms with Crippen molar-refractivity contribution in [2.45, 2.75) is 19.3 Å². The van der Waals surface area contributed by atoms with Crippen molar-refractivity contribution in [3.63, 3.8) is 0 Å². The lowest BCUT2D eigenvalue weighted by atomic mass is 10.2. The fourth-order valence-corrected chi connectivity index (χ4v) is 1.65. The molecule has 1 fully saturated rings. The van der Waals surface area contributed by atoms with Crippen LogP contribution in [0.2, 0.25) is 0 Å². The van der Waals surface area contributed by atoms with Gasteiger partial charge >= 0.3 is 0 Å². The summed E-state index contributed by atoms with van der Waals surface area (Å²) in [7, 11) is 1.87. The van der Waals surface area contributed by atoms with Gasteiger partial charge in [-0.15, -0.1) is 0 Å². The van der Waals surface area contributed by atoms with Crippen LogP contribution < -0.4 is 5.73 Å². The number of likely N-dealkylation sites (N-methyl/N-ethyl adjacent to an activating group) is 1. The number of nitrogens with zero attached hydrogens (tertiary/aromatic N) is 2. The molecule has 2 N–H and O–H groups in total. The Morgan fingerprint density at radius 2 is 2.07 bits per heavy atom. The summed E-state index contributed by atoms with van der Waals surface area (Å²) in [6.07, 6.45) is 3.44. The molecule has 14 heavy (non-hydrogen) atoms. The topological polar surface area (TPSA) is 49.6 Å². The SMILES string of the molecule is CN1CCN(CCCCCN)CC1=O. The molecule has 0 aromatic heterocycles. The number of amides is 1. The number of rotatable bonds is 5. The summed E-state index contributed by atoms with van der Waals surface area (Å²) in [5, 5.41) is 0. The van der Waals surface area contributed by atoms with Gasteiger partial charge in [0.15, 0.2) is 0 Å². The van der Waals surface area contributed by atoms with Crippen molar-refractivity contribution < 1.29 is 4.79 Å². The number of unbranched alkanes of at least 4 members (excludes halogenated alkanes) is 2. The smallest absolute Gasteiger partial charge is 0.236 e. The molecule has 1 aliphatic heterocycles. The van der Waals surface area contributed by atoms with E-state index in [0.29, 0.717) is 6.54 Å². The highest BCUT2D eigenvalue weighted by Gasteiger charge is 2.19. The van der Waals surface area contributed by atoms with Crippen LogP contribution in [0.4, 0.5) is 0 Å². The van der Waals surface area contributed by atoms with E-state index < -0.39 is 0 Å². The van der Waals surface area contributed by atoms with E-state index in [4.69, 9.17) is 5.73 Å². The van der Waals surface area contributed by atoms with Gasteiger partial charge in [-0.3, -0.25) is 9.69 Å². The van der Waals surface area contributed by atoms with Gasteiger partial charge in [-0.25, -0.2) is 0 Å². The van der Waals surface area contributed by atoms with Crippen molar-refractivity contribution >= 4 is 5.91 Å². The van der Waals surface area contributed by atoms with Crippen LogP contribution >= 0.6 is 0 Å². The molecule has 0 radical (unpaired) electrons. The van der Waals surface area contributed by atoms with Gasteiger partial charge < -0.3 is 10.6 Å². The van der Waals surface area contributed by atoms with Gasteiger partial charge in [0.05, 0.1) is 6.54 Å². The standard InChI is InChI=1S/C10H21N3O/c1-12-7-8-13(9-10(12)14)6-4-2-3-5-11/h2-9,11H2,1H3. The molecule has 0 aromatic carbocycles. The van der Waals surface area contributed by atoms with Crippen molar-refractivity contribution in [3.05, 3.63) is 0 Å². The lowest BCUT2D eigenvalue weighted by Crippen LogP contribution is -2.48. The van der Waals surface area contributed by atoms with E-state index in [2.05, 4.69) is 4.90 Å². The minimum Gasteiger partial charge on any atom is -0.343 e. The molecule has 1 aliphatic rings. The molecular formula is C10H21N3O. The van der Waals surface area contributed by atoms with E-state index in [9.17, 15) is 4.79 Å². The van der Waals surface area contributed by atoms with Gasteiger partial charge in [0.1, 0.15) is 0 Å². The number of carbonyl (C=O) groups excluding carboxylic acids is 1. The number of hydrogen-bond donors (Lipinski definition) is 1. The van der Waals surface area contributed by atoms with Gasteiger partial charge in [0.2, 0.25) is 5.91 Å². The van der Waals surface area contributed by atoms with Crippen LogP contribution in [0.1, 0.15) is 19.3 Å². The zero-order valence-electron chi connectivity index (χ0n) is 9.04. The zero-order valence-corrected chi connectivity index (χ0v) is 9.04. The molecule has 1 amide bonds. The van der Waals surface area contributed by atoms with E-state index in [-0.39, 0.29) is 5.91 Å². The first-order valence-corrected chi connectivity index (χ1v) is 5.40. The minimum atomic E-state index is 0.245. The average Bonchev–Trinajstić information content (AvgIpc) is 2.18. The third-order valence-electron chi connectivity index (χ3n) is 2.71. The lowest BCUT2D eigenvalue weighted by molar-refractivity contribution is -0.134. The fourth-order valence-electron chi connectivity index (χ4n) is 1.65. The Hall–Kier alpha value is -0.610. The van der Waals surface area contributed by atoms with Gasteiger partial charge in [0, 0.05) is 20.1 Å². The number of nitrogens with two attached hydrogens (primary N) is 1. The largest absolute Gasteiger partial charge is 0.343 e. The summed E-state index contributed by atoms with van der Waals surface area (Å²) in [6, 6.07) is 0. The van der Waals surface area contributed by atoms with Crippen LogP contribution in [-0.2, 0) is 4.79 Å². The fraction of sp³-hybridized carbons (Fsp3) is 0.900. The Labute approximate surface area is 86.0 Å². The highest BCUT2D eigenvalue weighted by atomic mass is 16.2. The molecule has 0 atom stereocenters. The van der Waals surface area contributed by atoms with Gasteiger partial charge in [-0.05, 0) is 25.9 Å². The lowest BCUT2D eigenvalue weighted by Gasteiger charge is -2.31. The van der Waals surface area contributed by atoms with Gasteiger partial charge in [0.25, 0.3) is 0 Å². The molecule has 0 saturated carbocycles. The highest BCUT2D eigenvalue weighted by molar-refractivity contribution is 5.78. The van der Waals surface area contributed by atoms with E-state index in [1.807, 2.05) is 7.05 Å². The summed E-state index contributed by atoms with van der Waals surface area (Å²) in [5.74, 6) is 0.245. The van der Waals surface area contributed by atoms with Gasteiger partial charge in [-0.1, -0.05) is 6.42 Å². The second-order valence-electron chi connectivity index (χ2n) is 3.94. The number of hydrogen-bond acceptors (Lipinski definition) is 3. The van der Waals surface area contributed by atoms with Gasteiger partial charge in [-0.2, -0.15) is 0 Å². The number of piperazine rings is 1. The van der Waals surface area contributed by atoms with E-state index >= 15 is 0 Å². The van der Waals surface area contributed by atoms with Crippen LogP contribution in [0, 0.1) is 0 Å². The van der Waals surface area contributed by atoms with Crippen LogP contribution in [0.15, 0.2) is 0 Å². The summed E-state index contributed by atoms with van der Waals surface area (Å²) >= 11 is 0. The van der Waals surface area contributed by atoms with Crippen LogP contribution in [-0.4, -0.2) is 55.5 Å². The maximum absolute atomic E-state index is 11.4. The Balaban J connectivity index is 2.11. The predicted octanol–water partition coefficient (Wildman–Crippen LogP) is -0.111. The van der Waals surface area contributed by atoms with Crippen LogP contribution in [0.5, 0.6) is 0 Å². The summed E-state index contributed by atoms with van der Waals surface area (Å²) in [6.45, 7) is 4.31. The van der Waals surface area contributed by atoms with E-state index in [1.54, 1.807) is 4.90 Å². The molecule has 0 aliphatic carbocycles. The third-order valence-corrected chi connectivity index (χ3v) is 2.71. The first-order chi connectivity index (χ1) is 6.74. The maximum Gasteiger partial charge on any atom is 0.236 e. The molecule has 0 aromatic rings. The first kappa shape index (κ1) is 11.5. The van der Waals surface area contributed by atoms with Crippen molar-refractivity contribution in [2.24, 2.45) is 5.73 Å². The molecule has 0 bridgehead atoms. The minimum absolute atomic E-state index is 0.245. The Morgan fingerprint density at radius 3 is 2.71 bits per heavy atom. The van der Waals surface area contributed by atoms with Crippen molar-refractivity contribution in [1.29, 1.82) is 0 Å². The second-order valence-corrected chi connectivity index (χ2v) is 3.94. The monoisotopic (exact) mass is 199 g/mol. The second kappa shape index (κ2) is 5.98. The van der Waals surface area contributed by atoms with E-state index in [0.717, 1.165) is 39.0 Å². The Morgan fingerprint density at radius 1 is 1.29 bits per heavy atom. The first-order valence-electron chi connectivity index (χ1n) is 5.40. The Kier molecular flexibility index (Phi) is 4.90. The molecular weight excluding hydrogens is 178 g/mol. The Bertz CT molecular complexity index is 184. The predicted molar refractivity (Wildman–Crippen MR) is 57.0 cm³/mol. The molecule has 4 nitrogen and oxygen atoms in total. The molecule has 4 heteroatoms. The van der Waals surface area contributed by atoms with Crippen LogP contribution in [0.3, 0.4) is 0 Å². The maximum atomic E-state index is 11.4. The average molecular weight is 199 g/mol. The van der Waals surface area contributed by atoms with Crippen molar-refractivity contribution in [1.82, 2.24) is 9.80 Å². The molecule has 82 valence electrons. The summed E-state index contributed by atoms with van der Waals surface area (Å²) in [4.78, 5) is 15.4. The van der Waals surface area contributed by atoms with E-state index in [1.165, 1.54) is 6.42 Å². The molecule has 1 rings (SSSR count). The quantitative estimate of drug-likeness (QED) is 0.629. The summed E-state index contributed by atoms with van der Waals surface area (Å²) < 4.78 is 0. The third kappa shape index (κ3) is 3.64. The molecule has 0 spiro atoms. The molecule has 1 heterocycles. The van der Waals surface area contributed by atoms with Crippen molar-refractivity contribution in [3.8, 4) is 0 Å². The molecule has 0 unspecified atom stereocenters. The molecule has 1 saturated heterocycles. The normalized spacial score (nSPS) is 19.0. The highest BCUT2D eigenvalue weighted by Crippen LogP contribution is 2.03. The van der Waals surface area contributed by atoms with Crippen molar-refractivity contribution in [2.75, 3.05) is 39.8 Å². The number of carbonyl (C=O) groups is 1. The van der Waals surface area contributed by atoms with Crippen LogP contribution in [0.25, 0.3) is 0 Å².